The van der Waals surface area contributed by atoms with E-state index in [1.165, 1.54) is 43.4 Å². The van der Waals surface area contributed by atoms with Crippen molar-refractivity contribution in [2.75, 3.05) is 26.2 Å². The predicted molar refractivity (Wildman–Crippen MR) is 90.3 cm³/mol. The summed E-state index contributed by atoms with van der Waals surface area (Å²) >= 11 is 0. The van der Waals surface area contributed by atoms with Crippen molar-refractivity contribution in [3.05, 3.63) is 18.1 Å². The van der Waals surface area contributed by atoms with Gasteiger partial charge in [-0.25, -0.2) is 0 Å². The van der Waals surface area contributed by atoms with Crippen molar-refractivity contribution in [1.82, 2.24) is 40.2 Å². The van der Waals surface area contributed by atoms with Gasteiger partial charge in [0, 0.05) is 19.1 Å². The number of hydrogen-bond acceptors (Lipinski definition) is 6. The van der Waals surface area contributed by atoms with E-state index in [0.29, 0.717) is 17.4 Å². The van der Waals surface area contributed by atoms with E-state index in [-0.39, 0.29) is 5.91 Å². The minimum Gasteiger partial charge on any atom is -0.335 e. The fraction of sp³-hybridized carbons (Fsp3) is 0.688. The second kappa shape index (κ2) is 7.30. The number of amides is 1. The van der Waals surface area contributed by atoms with Crippen LogP contribution in [0.5, 0.6) is 0 Å². The number of likely N-dealkylation sites (tertiary alicyclic amines) is 2. The lowest BCUT2D eigenvalue weighted by Crippen LogP contribution is -2.45. The van der Waals surface area contributed by atoms with Crippen LogP contribution in [0, 0.1) is 0 Å². The fourth-order valence-corrected chi connectivity index (χ4v) is 3.93. The Morgan fingerprint density at radius 3 is 2.84 bits per heavy atom. The molecule has 2 aromatic heterocycles. The molecule has 9 heteroatoms. The molecule has 2 fully saturated rings. The van der Waals surface area contributed by atoms with Crippen molar-refractivity contribution in [2.45, 2.75) is 44.6 Å². The van der Waals surface area contributed by atoms with Crippen molar-refractivity contribution >= 4 is 5.91 Å². The molecule has 9 nitrogen and oxygen atoms in total. The number of H-pyrrole nitrogens is 1. The summed E-state index contributed by atoms with van der Waals surface area (Å²) in [6.07, 6.45) is 10.0. The lowest BCUT2D eigenvalue weighted by Gasteiger charge is -2.36. The number of carbonyl (C=O) groups excluding carboxylic acids is 1. The van der Waals surface area contributed by atoms with Crippen LogP contribution in [0.2, 0.25) is 0 Å². The predicted octanol–water partition coefficient (Wildman–Crippen LogP) is 0.866. The molecule has 134 valence electrons. The molecule has 0 aliphatic carbocycles. The lowest BCUT2D eigenvalue weighted by atomic mass is 9.98. The van der Waals surface area contributed by atoms with Gasteiger partial charge in [-0.3, -0.25) is 9.89 Å². The first-order chi connectivity index (χ1) is 12.3. The van der Waals surface area contributed by atoms with Crippen molar-refractivity contribution in [2.24, 2.45) is 0 Å². The van der Waals surface area contributed by atoms with E-state index >= 15 is 0 Å². The van der Waals surface area contributed by atoms with Crippen molar-refractivity contribution in [3.63, 3.8) is 0 Å². The fourth-order valence-electron chi connectivity index (χ4n) is 3.93. The summed E-state index contributed by atoms with van der Waals surface area (Å²) in [6, 6.07) is 0.304. The Morgan fingerprint density at radius 2 is 2.04 bits per heavy atom. The number of nitrogens with one attached hydrogen (secondary N) is 1. The maximum Gasteiger partial charge on any atom is 0.259 e. The topological polar surface area (TPSA) is 95.8 Å². The first kappa shape index (κ1) is 16.2. The van der Waals surface area contributed by atoms with Crippen LogP contribution in [-0.2, 0) is 0 Å². The van der Waals surface area contributed by atoms with E-state index in [0.717, 1.165) is 32.4 Å². The monoisotopic (exact) mass is 344 g/mol. The first-order valence-corrected chi connectivity index (χ1v) is 9.13. The van der Waals surface area contributed by atoms with Gasteiger partial charge in [0.05, 0.1) is 6.20 Å². The van der Waals surface area contributed by atoms with Gasteiger partial charge in [0.15, 0.2) is 5.82 Å². The van der Waals surface area contributed by atoms with E-state index in [2.05, 4.69) is 30.6 Å². The van der Waals surface area contributed by atoms with Gasteiger partial charge in [-0.1, -0.05) is 0 Å². The minimum atomic E-state index is 0.0189. The van der Waals surface area contributed by atoms with Gasteiger partial charge < -0.3 is 9.80 Å². The molecular weight excluding hydrogens is 320 g/mol. The van der Waals surface area contributed by atoms with Crippen molar-refractivity contribution < 1.29 is 4.79 Å². The summed E-state index contributed by atoms with van der Waals surface area (Å²) in [7, 11) is 0. The van der Waals surface area contributed by atoms with Crippen molar-refractivity contribution in [3.8, 4) is 5.82 Å². The first-order valence-electron chi connectivity index (χ1n) is 9.13. The highest BCUT2D eigenvalue weighted by molar-refractivity contribution is 5.97. The molecule has 4 heterocycles. The maximum absolute atomic E-state index is 13.2. The smallest absolute Gasteiger partial charge is 0.259 e. The third-order valence-electron chi connectivity index (χ3n) is 5.29. The van der Waals surface area contributed by atoms with Gasteiger partial charge in [-0.15, -0.1) is 5.10 Å². The van der Waals surface area contributed by atoms with Crippen LogP contribution in [-0.4, -0.2) is 78.3 Å². The van der Waals surface area contributed by atoms with Gasteiger partial charge in [0.1, 0.15) is 11.9 Å². The van der Waals surface area contributed by atoms with Crippen LogP contribution in [0.15, 0.2) is 12.5 Å². The maximum atomic E-state index is 13.2. The van der Waals surface area contributed by atoms with Crippen LogP contribution in [0.1, 0.15) is 48.9 Å². The standard InChI is InChI=1S/C16H24N8O/c25-16(14-11-17-19-15(14)24-12-18-20-21-24)23-9-2-1-5-13(23)6-10-22-7-3-4-8-22/h11-13H,1-10H2,(H,17,19)/t13-/m0/s1. The molecule has 0 saturated carbocycles. The van der Waals surface area contributed by atoms with E-state index in [9.17, 15) is 4.79 Å². The largest absolute Gasteiger partial charge is 0.335 e. The highest BCUT2D eigenvalue weighted by Gasteiger charge is 2.30. The van der Waals surface area contributed by atoms with Crippen molar-refractivity contribution in [1.29, 1.82) is 0 Å². The average molecular weight is 344 g/mol. The van der Waals surface area contributed by atoms with E-state index in [4.69, 9.17) is 0 Å². The van der Waals surface area contributed by atoms with E-state index in [1.807, 2.05) is 4.90 Å². The number of hydrogen-bond donors (Lipinski definition) is 1. The highest BCUT2D eigenvalue weighted by Crippen LogP contribution is 2.24. The summed E-state index contributed by atoms with van der Waals surface area (Å²) in [5.74, 6) is 0.546. The Balaban J connectivity index is 1.48. The normalized spacial score (nSPS) is 21.8. The second-order valence-electron chi connectivity index (χ2n) is 6.87. The summed E-state index contributed by atoms with van der Waals surface area (Å²) in [6.45, 7) is 4.29. The van der Waals surface area contributed by atoms with Gasteiger partial charge in [-0.05, 0) is 62.0 Å². The Kier molecular flexibility index (Phi) is 4.73. The number of tetrazole rings is 1. The quantitative estimate of drug-likeness (QED) is 0.864. The number of rotatable bonds is 5. The third kappa shape index (κ3) is 3.41. The Labute approximate surface area is 146 Å². The molecule has 1 atom stereocenters. The summed E-state index contributed by atoms with van der Waals surface area (Å²) in [4.78, 5) is 17.7. The van der Waals surface area contributed by atoms with Crippen LogP contribution in [0.25, 0.3) is 5.82 Å². The van der Waals surface area contributed by atoms with Gasteiger partial charge in [0.2, 0.25) is 0 Å². The Hall–Kier alpha value is -2.29. The molecule has 0 aromatic carbocycles. The average Bonchev–Trinajstić information content (AvgIpc) is 3.41. The number of carbonyl (C=O) groups is 1. The molecule has 1 N–H and O–H groups in total. The molecular formula is C16H24N8O. The molecule has 1 amide bonds. The zero-order valence-corrected chi connectivity index (χ0v) is 14.3. The lowest BCUT2D eigenvalue weighted by molar-refractivity contribution is 0.0588. The minimum absolute atomic E-state index is 0.0189. The van der Waals surface area contributed by atoms with Crippen LogP contribution in [0.3, 0.4) is 0 Å². The van der Waals surface area contributed by atoms with E-state index < -0.39 is 0 Å². The summed E-state index contributed by atoms with van der Waals surface area (Å²) in [5.41, 5.74) is 0.528. The number of aromatic nitrogens is 6. The molecule has 0 radical (unpaired) electrons. The zero-order chi connectivity index (χ0) is 17.1. The van der Waals surface area contributed by atoms with Gasteiger partial charge in [0.25, 0.3) is 5.91 Å². The summed E-state index contributed by atoms with van der Waals surface area (Å²) in [5, 5.41) is 18.0. The number of aromatic amines is 1. The summed E-state index contributed by atoms with van der Waals surface area (Å²) < 4.78 is 1.45. The van der Waals surface area contributed by atoms with Crippen LogP contribution < -0.4 is 0 Å². The number of piperidine rings is 1. The molecule has 2 aliphatic heterocycles. The Bertz CT molecular complexity index is 691. The molecule has 2 aliphatic rings. The number of nitrogens with zero attached hydrogens (tertiary/aromatic N) is 7. The second-order valence-corrected chi connectivity index (χ2v) is 6.87. The molecule has 0 unspecified atom stereocenters. The Morgan fingerprint density at radius 1 is 1.20 bits per heavy atom. The van der Waals surface area contributed by atoms with Gasteiger partial charge >= 0.3 is 0 Å². The molecule has 2 aromatic rings. The SMILES string of the molecule is O=C(c1cn[nH]c1-n1cnnn1)N1CCCC[C@H]1CCN1CCCC1. The molecule has 2 saturated heterocycles. The van der Waals surface area contributed by atoms with Gasteiger partial charge in [-0.2, -0.15) is 9.78 Å². The van der Waals surface area contributed by atoms with Crippen LogP contribution >= 0.6 is 0 Å². The van der Waals surface area contributed by atoms with E-state index in [1.54, 1.807) is 6.20 Å². The molecule has 25 heavy (non-hydrogen) atoms. The zero-order valence-electron chi connectivity index (χ0n) is 14.3. The molecule has 0 bridgehead atoms. The molecule has 4 rings (SSSR count). The third-order valence-corrected chi connectivity index (χ3v) is 5.29. The van der Waals surface area contributed by atoms with Crippen LogP contribution in [0.4, 0.5) is 0 Å². The highest BCUT2D eigenvalue weighted by atomic mass is 16.2. The molecule has 0 spiro atoms.